The molecule has 0 aliphatic carbocycles. The lowest BCUT2D eigenvalue weighted by atomic mass is 10.0. The van der Waals surface area contributed by atoms with E-state index in [1.54, 1.807) is 0 Å². The molecule has 0 bridgehead atoms. The number of likely N-dealkylation sites (N-methyl/N-ethyl adjacent to an activating group) is 1. The highest BCUT2D eigenvalue weighted by molar-refractivity contribution is 5.90. The van der Waals surface area contributed by atoms with Gasteiger partial charge >= 0.3 is 6.09 Å². The molecule has 0 saturated carbocycles. The van der Waals surface area contributed by atoms with Gasteiger partial charge in [-0.25, -0.2) is 4.79 Å². The summed E-state index contributed by atoms with van der Waals surface area (Å²) in [7, 11) is 2.23. The first-order valence-electron chi connectivity index (χ1n) is 10.2. The van der Waals surface area contributed by atoms with Gasteiger partial charge in [0.2, 0.25) is 0 Å². The van der Waals surface area contributed by atoms with Crippen molar-refractivity contribution in [3.8, 4) is 0 Å². The Morgan fingerprint density at radius 3 is 2.57 bits per heavy atom. The Kier molecular flexibility index (Phi) is 6.35. The quantitative estimate of drug-likeness (QED) is 0.768. The highest BCUT2D eigenvalue weighted by atomic mass is 16.6. The van der Waals surface area contributed by atoms with Crippen LogP contribution in [0.5, 0.6) is 0 Å². The first kappa shape index (κ1) is 20.7. The number of carbonyl (C=O) groups excluding carboxylic acids is 1. The standard InChI is InChI=1S/C21H34N4O3/c1-21(2,3)28-20(26)23-19-13-16(5-6-18(19)22)25-10-7-15(8-11-25)24(4)17-9-12-27-14-17/h5-6,13,15,17H,7-12,14,22H2,1-4H3,(H,23,26). The number of ether oxygens (including phenoxy) is 2. The van der Waals surface area contributed by atoms with Crippen LogP contribution in [0.1, 0.15) is 40.0 Å². The summed E-state index contributed by atoms with van der Waals surface area (Å²) in [6, 6.07) is 6.95. The van der Waals surface area contributed by atoms with Crippen LogP contribution in [0.15, 0.2) is 18.2 Å². The number of hydrogen-bond donors (Lipinski definition) is 2. The maximum atomic E-state index is 12.1. The van der Waals surface area contributed by atoms with Gasteiger partial charge in [0.1, 0.15) is 5.60 Å². The second kappa shape index (κ2) is 8.57. The van der Waals surface area contributed by atoms with E-state index < -0.39 is 11.7 Å². The second-order valence-electron chi connectivity index (χ2n) is 8.80. The van der Waals surface area contributed by atoms with Gasteiger partial charge < -0.3 is 20.1 Å². The van der Waals surface area contributed by atoms with Crippen molar-refractivity contribution in [3.63, 3.8) is 0 Å². The van der Waals surface area contributed by atoms with Gasteiger partial charge in [0.15, 0.2) is 0 Å². The molecule has 2 fully saturated rings. The zero-order chi connectivity index (χ0) is 20.3. The molecule has 2 saturated heterocycles. The maximum absolute atomic E-state index is 12.1. The van der Waals surface area contributed by atoms with Crippen molar-refractivity contribution in [2.24, 2.45) is 0 Å². The summed E-state index contributed by atoms with van der Waals surface area (Å²) in [6.45, 7) is 9.22. The van der Waals surface area contributed by atoms with Gasteiger partial charge in [-0.1, -0.05) is 0 Å². The molecule has 2 aliphatic rings. The molecule has 28 heavy (non-hydrogen) atoms. The van der Waals surface area contributed by atoms with E-state index in [9.17, 15) is 4.79 Å². The summed E-state index contributed by atoms with van der Waals surface area (Å²) in [5.41, 5.74) is 7.71. The summed E-state index contributed by atoms with van der Waals surface area (Å²) < 4.78 is 10.9. The third kappa shape index (κ3) is 5.29. The molecule has 1 aromatic carbocycles. The molecular formula is C21H34N4O3. The van der Waals surface area contributed by atoms with Gasteiger partial charge in [-0.15, -0.1) is 0 Å². The SMILES string of the molecule is CN(C1CCN(c2ccc(N)c(NC(=O)OC(C)(C)C)c2)CC1)C1CCOC1. The Labute approximate surface area is 168 Å². The largest absolute Gasteiger partial charge is 0.444 e. The lowest BCUT2D eigenvalue weighted by molar-refractivity contribution is 0.0636. The number of hydrogen-bond acceptors (Lipinski definition) is 6. The minimum Gasteiger partial charge on any atom is -0.444 e. The molecule has 0 aromatic heterocycles. The summed E-state index contributed by atoms with van der Waals surface area (Å²) in [4.78, 5) is 17.0. The predicted octanol–water partition coefficient (Wildman–Crippen LogP) is 3.31. The molecular weight excluding hydrogens is 356 g/mol. The Morgan fingerprint density at radius 1 is 1.25 bits per heavy atom. The Bertz CT molecular complexity index is 675. The lowest BCUT2D eigenvalue weighted by Crippen LogP contribution is -2.47. The van der Waals surface area contributed by atoms with E-state index in [-0.39, 0.29) is 0 Å². The number of piperidine rings is 1. The second-order valence-corrected chi connectivity index (χ2v) is 8.80. The van der Waals surface area contributed by atoms with Crippen LogP contribution < -0.4 is 16.0 Å². The third-order valence-electron chi connectivity index (χ3n) is 5.56. The van der Waals surface area contributed by atoms with Crippen LogP contribution in [0.25, 0.3) is 0 Å². The van der Waals surface area contributed by atoms with Crippen LogP contribution in [0.2, 0.25) is 0 Å². The molecule has 7 heteroatoms. The number of carbonyl (C=O) groups is 1. The molecule has 2 aliphatic heterocycles. The van der Waals surface area contributed by atoms with Gasteiger partial charge in [-0.3, -0.25) is 10.2 Å². The summed E-state index contributed by atoms with van der Waals surface area (Å²) in [5.74, 6) is 0. The molecule has 1 unspecified atom stereocenters. The van der Waals surface area contributed by atoms with Crippen LogP contribution in [-0.4, -0.2) is 62.0 Å². The normalized spacial score (nSPS) is 21.2. The topological polar surface area (TPSA) is 80.1 Å². The molecule has 1 atom stereocenters. The summed E-state index contributed by atoms with van der Waals surface area (Å²) in [5, 5.41) is 2.78. The van der Waals surface area contributed by atoms with E-state index in [4.69, 9.17) is 15.2 Å². The first-order chi connectivity index (χ1) is 13.2. The fourth-order valence-corrected chi connectivity index (χ4v) is 3.94. The van der Waals surface area contributed by atoms with Crippen molar-refractivity contribution < 1.29 is 14.3 Å². The minimum atomic E-state index is -0.547. The molecule has 1 aromatic rings. The van der Waals surface area contributed by atoms with E-state index in [2.05, 4.69) is 22.2 Å². The molecule has 3 N–H and O–H groups in total. The number of rotatable bonds is 4. The van der Waals surface area contributed by atoms with Crippen LogP contribution in [-0.2, 0) is 9.47 Å². The van der Waals surface area contributed by atoms with Crippen molar-refractivity contribution in [3.05, 3.63) is 18.2 Å². The molecule has 0 radical (unpaired) electrons. The van der Waals surface area contributed by atoms with Crippen LogP contribution in [0, 0.1) is 0 Å². The van der Waals surface area contributed by atoms with Crippen LogP contribution in [0.4, 0.5) is 21.9 Å². The average molecular weight is 391 g/mol. The van der Waals surface area contributed by atoms with Crippen molar-refractivity contribution in [2.45, 2.75) is 57.7 Å². The molecule has 156 valence electrons. The maximum Gasteiger partial charge on any atom is 0.412 e. The summed E-state index contributed by atoms with van der Waals surface area (Å²) in [6.07, 6.45) is 2.88. The first-order valence-corrected chi connectivity index (χ1v) is 10.2. The highest BCUT2D eigenvalue weighted by Gasteiger charge is 2.29. The van der Waals surface area contributed by atoms with E-state index >= 15 is 0 Å². The van der Waals surface area contributed by atoms with E-state index in [1.165, 1.54) is 0 Å². The molecule has 0 spiro atoms. The Morgan fingerprint density at radius 2 is 1.96 bits per heavy atom. The van der Waals surface area contributed by atoms with Crippen molar-refractivity contribution >= 4 is 23.2 Å². The number of anilines is 3. The predicted molar refractivity (Wildman–Crippen MR) is 113 cm³/mol. The molecule has 2 heterocycles. The third-order valence-corrected chi connectivity index (χ3v) is 5.56. The minimum absolute atomic E-state index is 0.490. The number of amides is 1. The van der Waals surface area contributed by atoms with Crippen molar-refractivity contribution in [2.75, 3.05) is 49.3 Å². The molecule has 7 nitrogen and oxygen atoms in total. The van der Waals surface area contributed by atoms with E-state index in [0.29, 0.717) is 23.5 Å². The smallest absolute Gasteiger partial charge is 0.412 e. The van der Waals surface area contributed by atoms with Crippen molar-refractivity contribution in [1.82, 2.24) is 4.90 Å². The fourth-order valence-electron chi connectivity index (χ4n) is 3.94. The zero-order valence-corrected chi connectivity index (χ0v) is 17.5. The van der Waals surface area contributed by atoms with Gasteiger partial charge in [0.05, 0.1) is 18.0 Å². The van der Waals surface area contributed by atoms with Gasteiger partial charge in [0.25, 0.3) is 0 Å². The van der Waals surface area contributed by atoms with Gasteiger partial charge in [-0.2, -0.15) is 0 Å². The Balaban J connectivity index is 1.59. The number of nitrogens with zero attached hydrogens (tertiary/aromatic N) is 2. The van der Waals surface area contributed by atoms with E-state index in [1.807, 2.05) is 39.0 Å². The van der Waals surface area contributed by atoms with E-state index in [0.717, 1.165) is 51.3 Å². The number of nitrogens with one attached hydrogen (secondary N) is 1. The van der Waals surface area contributed by atoms with Gasteiger partial charge in [0, 0.05) is 37.5 Å². The molecule has 3 rings (SSSR count). The number of benzene rings is 1. The van der Waals surface area contributed by atoms with Gasteiger partial charge in [-0.05, 0) is 65.3 Å². The average Bonchev–Trinajstić information content (AvgIpc) is 3.16. The Hall–Kier alpha value is -1.99. The monoisotopic (exact) mass is 390 g/mol. The number of nitrogen functional groups attached to an aromatic ring is 1. The van der Waals surface area contributed by atoms with Crippen LogP contribution >= 0.6 is 0 Å². The zero-order valence-electron chi connectivity index (χ0n) is 17.5. The lowest BCUT2D eigenvalue weighted by Gasteiger charge is -2.40. The highest BCUT2D eigenvalue weighted by Crippen LogP contribution is 2.29. The molecule has 1 amide bonds. The summed E-state index contributed by atoms with van der Waals surface area (Å²) >= 11 is 0. The number of nitrogens with two attached hydrogens (primary N) is 1. The fraction of sp³-hybridized carbons (Fsp3) is 0.667. The van der Waals surface area contributed by atoms with Crippen molar-refractivity contribution in [1.29, 1.82) is 0 Å². The van der Waals surface area contributed by atoms with Crippen LogP contribution in [0.3, 0.4) is 0 Å².